The van der Waals surface area contributed by atoms with Crippen LogP contribution in [0.25, 0.3) is 0 Å². The van der Waals surface area contributed by atoms with Crippen LogP contribution in [-0.4, -0.2) is 10.1 Å². The van der Waals surface area contributed by atoms with Gasteiger partial charge in [0, 0.05) is 6.42 Å². The first-order valence-corrected chi connectivity index (χ1v) is 4.74. The summed E-state index contributed by atoms with van der Waals surface area (Å²) < 4.78 is 4.66. The Balaban J connectivity index is 1.79. The van der Waals surface area contributed by atoms with Gasteiger partial charge in [-0.25, -0.2) is 0 Å². The molecule has 14 heavy (non-hydrogen) atoms. The summed E-state index contributed by atoms with van der Waals surface area (Å²) in [6.07, 6.45) is 4.38. The van der Waals surface area contributed by atoms with Gasteiger partial charge in [-0.3, -0.25) is 0 Å². The van der Waals surface area contributed by atoms with Gasteiger partial charge in [0.05, 0.1) is 0 Å². The molecular weight excluding hydrogens is 176 g/mol. The largest absolute Gasteiger partial charge is 0.343 e. The molecule has 3 nitrogen and oxygen atoms in total. The van der Waals surface area contributed by atoms with Crippen molar-refractivity contribution in [3.8, 4) is 0 Å². The van der Waals surface area contributed by atoms with Gasteiger partial charge >= 0.3 is 0 Å². The van der Waals surface area contributed by atoms with E-state index in [1.807, 2.05) is 6.07 Å². The summed E-state index contributed by atoms with van der Waals surface area (Å²) in [5.74, 6) is 0.793. The Morgan fingerprint density at radius 1 is 1.07 bits per heavy atom. The molecule has 2 rings (SSSR count). The van der Waals surface area contributed by atoms with Crippen LogP contribution in [0.15, 0.2) is 41.2 Å². The van der Waals surface area contributed by atoms with Gasteiger partial charge in [-0.15, -0.1) is 0 Å². The number of rotatable bonds is 4. The minimum Gasteiger partial charge on any atom is -0.343 e. The summed E-state index contributed by atoms with van der Waals surface area (Å²) in [7, 11) is 0. The SMILES string of the molecule is c1ccc(CCCc2ncon2)cc1. The Morgan fingerprint density at radius 3 is 2.64 bits per heavy atom. The quantitative estimate of drug-likeness (QED) is 0.738. The lowest BCUT2D eigenvalue weighted by molar-refractivity contribution is 0.409. The molecule has 2 aromatic rings. The van der Waals surface area contributed by atoms with Crippen molar-refractivity contribution in [2.24, 2.45) is 0 Å². The zero-order valence-electron chi connectivity index (χ0n) is 7.89. The molecule has 0 aliphatic rings. The van der Waals surface area contributed by atoms with Crippen molar-refractivity contribution in [3.05, 3.63) is 48.1 Å². The monoisotopic (exact) mass is 188 g/mol. The fourth-order valence-electron chi connectivity index (χ4n) is 1.40. The third kappa shape index (κ3) is 2.42. The van der Waals surface area contributed by atoms with Crippen molar-refractivity contribution in [2.45, 2.75) is 19.3 Å². The molecule has 0 N–H and O–H groups in total. The Labute approximate surface area is 82.8 Å². The zero-order valence-corrected chi connectivity index (χ0v) is 7.89. The molecule has 0 spiro atoms. The Hall–Kier alpha value is -1.64. The van der Waals surface area contributed by atoms with E-state index in [4.69, 9.17) is 0 Å². The van der Waals surface area contributed by atoms with Crippen LogP contribution < -0.4 is 0 Å². The smallest absolute Gasteiger partial charge is 0.213 e. The first kappa shape index (κ1) is 8.94. The summed E-state index contributed by atoms with van der Waals surface area (Å²) >= 11 is 0. The van der Waals surface area contributed by atoms with Crippen molar-refractivity contribution in [2.75, 3.05) is 0 Å². The van der Waals surface area contributed by atoms with Crippen molar-refractivity contribution >= 4 is 0 Å². The van der Waals surface area contributed by atoms with Crippen LogP contribution >= 0.6 is 0 Å². The van der Waals surface area contributed by atoms with E-state index in [2.05, 4.69) is 38.9 Å². The van der Waals surface area contributed by atoms with Gasteiger partial charge in [0.15, 0.2) is 5.82 Å². The van der Waals surface area contributed by atoms with Crippen molar-refractivity contribution in [1.29, 1.82) is 0 Å². The summed E-state index contributed by atoms with van der Waals surface area (Å²) in [6.45, 7) is 0. The van der Waals surface area contributed by atoms with Gasteiger partial charge in [0.1, 0.15) is 0 Å². The van der Waals surface area contributed by atoms with Crippen molar-refractivity contribution in [3.63, 3.8) is 0 Å². The lowest BCUT2D eigenvalue weighted by Crippen LogP contribution is -1.91. The number of hydrogen-bond acceptors (Lipinski definition) is 3. The van der Waals surface area contributed by atoms with E-state index < -0.39 is 0 Å². The molecule has 0 radical (unpaired) electrons. The maximum Gasteiger partial charge on any atom is 0.213 e. The van der Waals surface area contributed by atoms with E-state index in [1.54, 1.807) is 0 Å². The highest BCUT2D eigenvalue weighted by molar-refractivity contribution is 5.14. The van der Waals surface area contributed by atoms with Crippen molar-refractivity contribution in [1.82, 2.24) is 10.1 Å². The van der Waals surface area contributed by atoms with Crippen LogP contribution in [0.5, 0.6) is 0 Å². The van der Waals surface area contributed by atoms with Crippen LogP contribution in [0, 0.1) is 0 Å². The summed E-state index contributed by atoms with van der Waals surface area (Å²) in [5.41, 5.74) is 1.36. The molecule has 0 amide bonds. The molecule has 3 heteroatoms. The van der Waals surface area contributed by atoms with E-state index in [0.717, 1.165) is 25.1 Å². The van der Waals surface area contributed by atoms with E-state index in [0.29, 0.717) is 0 Å². The number of aryl methyl sites for hydroxylation is 2. The highest BCUT2D eigenvalue weighted by Gasteiger charge is 1.98. The zero-order chi connectivity index (χ0) is 9.64. The predicted octanol–water partition coefficient (Wildman–Crippen LogP) is 2.24. The van der Waals surface area contributed by atoms with Crippen LogP contribution in [0.1, 0.15) is 17.8 Å². The molecule has 1 aromatic carbocycles. The Morgan fingerprint density at radius 2 is 1.93 bits per heavy atom. The normalized spacial score (nSPS) is 10.3. The maximum absolute atomic E-state index is 4.66. The van der Waals surface area contributed by atoms with Crippen molar-refractivity contribution < 1.29 is 4.52 Å². The molecule has 0 saturated carbocycles. The van der Waals surface area contributed by atoms with Gasteiger partial charge in [-0.2, -0.15) is 4.98 Å². The minimum absolute atomic E-state index is 0.793. The second kappa shape index (κ2) is 4.56. The topological polar surface area (TPSA) is 38.9 Å². The minimum atomic E-state index is 0.793. The first-order chi connectivity index (χ1) is 6.95. The molecule has 0 bridgehead atoms. The molecular formula is C11H12N2O. The second-order valence-electron chi connectivity index (χ2n) is 3.19. The molecule has 0 aliphatic carbocycles. The fraction of sp³-hybridized carbons (Fsp3) is 0.273. The van der Waals surface area contributed by atoms with E-state index in [-0.39, 0.29) is 0 Å². The molecule has 0 atom stereocenters. The Bertz CT molecular complexity index is 356. The van der Waals surface area contributed by atoms with Crippen LogP contribution in [0.3, 0.4) is 0 Å². The number of benzene rings is 1. The van der Waals surface area contributed by atoms with Gasteiger partial charge in [-0.1, -0.05) is 35.5 Å². The third-order valence-corrected chi connectivity index (χ3v) is 2.12. The summed E-state index contributed by atoms with van der Waals surface area (Å²) in [6, 6.07) is 10.4. The molecule has 1 heterocycles. The molecule has 1 aromatic heterocycles. The number of nitrogens with zero attached hydrogens (tertiary/aromatic N) is 2. The van der Waals surface area contributed by atoms with Gasteiger partial charge in [0.25, 0.3) is 0 Å². The average molecular weight is 188 g/mol. The predicted molar refractivity (Wildman–Crippen MR) is 52.8 cm³/mol. The average Bonchev–Trinajstić information content (AvgIpc) is 2.72. The van der Waals surface area contributed by atoms with Gasteiger partial charge < -0.3 is 4.52 Å². The van der Waals surface area contributed by atoms with Crippen LogP contribution in [0.2, 0.25) is 0 Å². The molecule has 0 fully saturated rings. The Kier molecular flexibility index (Phi) is 2.91. The third-order valence-electron chi connectivity index (χ3n) is 2.12. The maximum atomic E-state index is 4.66. The van der Waals surface area contributed by atoms with Gasteiger partial charge in [-0.05, 0) is 18.4 Å². The lowest BCUT2D eigenvalue weighted by atomic mass is 10.1. The lowest BCUT2D eigenvalue weighted by Gasteiger charge is -1.97. The fourth-order valence-corrected chi connectivity index (χ4v) is 1.40. The highest BCUT2D eigenvalue weighted by atomic mass is 16.5. The molecule has 72 valence electrons. The molecule has 0 unspecified atom stereocenters. The second-order valence-corrected chi connectivity index (χ2v) is 3.19. The molecule has 0 saturated heterocycles. The summed E-state index contributed by atoms with van der Waals surface area (Å²) in [4.78, 5) is 3.97. The van der Waals surface area contributed by atoms with E-state index >= 15 is 0 Å². The van der Waals surface area contributed by atoms with E-state index in [1.165, 1.54) is 12.0 Å². The highest BCUT2D eigenvalue weighted by Crippen LogP contribution is 2.04. The number of aromatic nitrogens is 2. The number of hydrogen-bond donors (Lipinski definition) is 0. The first-order valence-electron chi connectivity index (χ1n) is 4.74. The van der Waals surface area contributed by atoms with E-state index in [9.17, 15) is 0 Å². The van der Waals surface area contributed by atoms with Crippen LogP contribution in [-0.2, 0) is 12.8 Å². The summed E-state index contributed by atoms with van der Waals surface area (Å²) in [5, 5.41) is 3.76. The van der Waals surface area contributed by atoms with Gasteiger partial charge in [0.2, 0.25) is 6.39 Å². The van der Waals surface area contributed by atoms with Crippen LogP contribution in [0.4, 0.5) is 0 Å². The molecule has 0 aliphatic heterocycles. The standard InChI is InChI=1S/C11H12N2O/c1-2-5-10(6-3-1)7-4-8-11-12-9-14-13-11/h1-3,5-6,9H,4,7-8H2.